The summed E-state index contributed by atoms with van der Waals surface area (Å²) < 4.78 is 49.2. The number of hydrogen-bond donors (Lipinski definition) is 1. The number of piperidine rings is 1. The number of halogens is 2. The molecule has 13 heteroatoms. The number of alkyl halides is 1. The predicted molar refractivity (Wildman–Crippen MR) is 163 cm³/mol. The number of carbonyl (C=O) groups excluding carboxylic acids is 1. The number of ether oxygens (including phenoxy) is 3. The normalized spacial score (nSPS) is 16.3. The molecular formula is C32H29F2N7O4. The zero-order valence-electron chi connectivity index (χ0n) is 24.5. The second kappa shape index (κ2) is 12.6. The van der Waals surface area contributed by atoms with E-state index in [0.29, 0.717) is 29.0 Å². The molecule has 0 spiro atoms. The summed E-state index contributed by atoms with van der Waals surface area (Å²) in [6.45, 7) is 5.58. The summed E-state index contributed by atoms with van der Waals surface area (Å²) in [5.74, 6) is 0.529. The van der Waals surface area contributed by atoms with Crippen molar-refractivity contribution in [3.8, 4) is 28.8 Å². The molecule has 0 unspecified atom stereocenters. The van der Waals surface area contributed by atoms with Crippen LogP contribution >= 0.6 is 0 Å². The van der Waals surface area contributed by atoms with Gasteiger partial charge in [-0.25, -0.2) is 23.4 Å². The number of carbonyl (C=O) groups is 1. The van der Waals surface area contributed by atoms with E-state index in [1.54, 1.807) is 41.3 Å². The number of amides is 1. The van der Waals surface area contributed by atoms with Gasteiger partial charge in [-0.15, -0.1) is 5.10 Å². The average Bonchev–Trinajstić information content (AvgIpc) is 3.51. The standard InChI is InChI=1S/C32H29F2N7O4/c1-4-31(42)40-11-9-27(24(34)17-40)45-29-14-22-26(15-28(29)43-3)36-18-37-32(22)38-25-8-7-21(13-23(25)33)44-30-10-12-41(39-30)20-6-5-19(2)35-16-20/h4-8,10,12-16,18,24,27H,1,9,11,17H2,2-3H3,(H,36,37,38)/t24-,27+/m0/s1. The maximum atomic E-state index is 15.3. The smallest absolute Gasteiger partial charge is 0.246 e. The number of pyridine rings is 1. The molecule has 0 aliphatic carbocycles. The lowest BCUT2D eigenvalue weighted by Gasteiger charge is -2.34. The highest BCUT2D eigenvalue weighted by Gasteiger charge is 2.33. The zero-order chi connectivity index (χ0) is 31.5. The van der Waals surface area contributed by atoms with Gasteiger partial charge in [-0.3, -0.25) is 9.78 Å². The van der Waals surface area contributed by atoms with Crippen molar-refractivity contribution in [1.29, 1.82) is 0 Å². The number of fused-ring (bicyclic) bond motifs is 1. The number of rotatable bonds is 9. The van der Waals surface area contributed by atoms with E-state index in [4.69, 9.17) is 14.2 Å². The lowest BCUT2D eigenvalue weighted by Crippen LogP contribution is -2.48. The molecule has 1 N–H and O–H groups in total. The highest BCUT2D eigenvalue weighted by Crippen LogP contribution is 2.37. The van der Waals surface area contributed by atoms with Crippen LogP contribution in [-0.2, 0) is 4.79 Å². The fraction of sp³-hybridized carbons (Fsp3) is 0.219. The minimum Gasteiger partial charge on any atom is -0.493 e. The Labute approximate surface area is 257 Å². The summed E-state index contributed by atoms with van der Waals surface area (Å²) in [6.07, 6.45) is 3.97. The van der Waals surface area contributed by atoms with Crippen LogP contribution < -0.4 is 19.5 Å². The molecule has 0 saturated carbocycles. The van der Waals surface area contributed by atoms with Crippen LogP contribution in [0.15, 0.2) is 79.9 Å². The van der Waals surface area contributed by atoms with Crippen molar-refractivity contribution in [3.63, 3.8) is 0 Å². The first kappa shape index (κ1) is 29.5. The number of nitrogens with zero attached hydrogens (tertiary/aromatic N) is 6. The molecule has 3 aromatic heterocycles. The van der Waals surface area contributed by atoms with Crippen LogP contribution in [0.4, 0.5) is 20.3 Å². The van der Waals surface area contributed by atoms with Crippen LogP contribution in [0.5, 0.6) is 23.1 Å². The fourth-order valence-electron chi connectivity index (χ4n) is 4.93. The Hall–Kier alpha value is -5.59. The molecule has 4 heterocycles. The van der Waals surface area contributed by atoms with Crippen LogP contribution in [0.2, 0.25) is 0 Å². The third kappa shape index (κ3) is 6.37. The summed E-state index contributed by atoms with van der Waals surface area (Å²) in [6, 6.07) is 13.1. The van der Waals surface area contributed by atoms with Crippen molar-refractivity contribution in [3.05, 3.63) is 91.4 Å². The summed E-state index contributed by atoms with van der Waals surface area (Å²) in [5.41, 5.74) is 2.29. The molecule has 5 aromatic rings. The SMILES string of the molecule is C=CC(=O)N1CC[C@@H](Oc2cc3c(Nc4ccc(Oc5ccn(-c6ccc(C)nc6)n5)cc4F)ncnc3cc2OC)[C@@H](F)C1. The summed E-state index contributed by atoms with van der Waals surface area (Å²) in [4.78, 5) is 26.2. The molecule has 1 amide bonds. The van der Waals surface area contributed by atoms with E-state index in [1.165, 1.54) is 30.5 Å². The number of nitrogens with one attached hydrogen (secondary N) is 1. The van der Waals surface area contributed by atoms with Gasteiger partial charge in [0.05, 0.1) is 36.7 Å². The molecular weight excluding hydrogens is 584 g/mol. The van der Waals surface area contributed by atoms with Gasteiger partial charge in [-0.05, 0) is 43.3 Å². The minimum atomic E-state index is -1.42. The van der Waals surface area contributed by atoms with E-state index in [0.717, 1.165) is 17.5 Å². The highest BCUT2D eigenvalue weighted by atomic mass is 19.1. The molecule has 1 saturated heterocycles. The van der Waals surface area contributed by atoms with Gasteiger partial charge in [-0.2, -0.15) is 0 Å². The van der Waals surface area contributed by atoms with E-state index in [2.05, 4.69) is 31.9 Å². The van der Waals surface area contributed by atoms with Gasteiger partial charge < -0.3 is 24.4 Å². The van der Waals surface area contributed by atoms with Crippen molar-refractivity contribution in [2.24, 2.45) is 0 Å². The van der Waals surface area contributed by atoms with Gasteiger partial charge in [0.2, 0.25) is 11.8 Å². The van der Waals surface area contributed by atoms with Crippen molar-refractivity contribution in [1.82, 2.24) is 29.6 Å². The zero-order valence-corrected chi connectivity index (χ0v) is 24.5. The minimum absolute atomic E-state index is 0.105. The first-order valence-electron chi connectivity index (χ1n) is 14.1. The van der Waals surface area contributed by atoms with E-state index in [1.807, 2.05) is 19.1 Å². The van der Waals surface area contributed by atoms with Gasteiger partial charge in [-0.1, -0.05) is 6.58 Å². The molecule has 1 fully saturated rings. The number of methoxy groups -OCH3 is 1. The van der Waals surface area contributed by atoms with Gasteiger partial charge in [0.1, 0.15) is 29.8 Å². The molecule has 0 radical (unpaired) electrons. The van der Waals surface area contributed by atoms with Gasteiger partial charge in [0.25, 0.3) is 0 Å². The number of aromatic nitrogens is 5. The Balaban J connectivity index is 1.20. The number of hydrogen-bond acceptors (Lipinski definition) is 9. The molecule has 1 aliphatic heterocycles. The van der Waals surface area contributed by atoms with Crippen LogP contribution in [-0.4, -0.2) is 68.0 Å². The Morgan fingerprint density at radius 1 is 1.11 bits per heavy atom. The lowest BCUT2D eigenvalue weighted by atomic mass is 10.1. The van der Waals surface area contributed by atoms with Crippen molar-refractivity contribution < 1.29 is 27.8 Å². The molecule has 2 atom stereocenters. The number of benzene rings is 2. The highest BCUT2D eigenvalue weighted by molar-refractivity contribution is 5.93. The number of anilines is 2. The molecule has 45 heavy (non-hydrogen) atoms. The van der Waals surface area contributed by atoms with Gasteiger partial charge in [0, 0.05) is 48.4 Å². The Bertz CT molecular complexity index is 1860. The molecule has 2 aromatic carbocycles. The molecule has 230 valence electrons. The second-order valence-electron chi connectivity index (χ2n) is 10.3. The Morgan fingerprint density at radius 3 is 2.71 bits per heavy atom. The molecule has 11 nitrogen and oxygen atoms in total. The van der Waals surface area contributed by atoms with E-state index >= 15 is 8.78 Å². The van der Waals surface area contributed by atoms with E-state index in [-0.39, 0.29) is 41.9 Å². The molecule has 0 bridgehead atoms. The van der Waals surface area contributed by atoms with E-state index < -0.39 is 18.1 Å². The number of likely N-dealkylation sites (tertiary alicyclic amines) is 1. The summed E-state index contributed by atoms with van der Waals surface area (Å²) in [5, 5.41) is 7.88. The summed E-state index contributed by atoms with van der Waals surface area (Å²) >= 11 is 0. The van der Waals surface area contributed by atoms with Crippen LogP contribution in [0.25, 0.3) is 16.6 Å². The van der Waals surface area contributed by atoms with Crippen molar-refractivity contribution in [2.45, 2.75) is 25.6 Å². The first-order valence-corrected chi connectivity index (χ1v) is 14.1. The lowest BCUT2D eigenvalue weighted by molar-refractivity contribution is -0.129. The van der Waals surface area contributed by atoms with Crippen molar-refractivity contribution in [2.75, 3.05) is 25.5 Å². The Kier molecular flexibility index (Phi) is 8.23. The van der Waals surface area contributed by atoms with Crippen LogP contribution in [0.1, 0.15) is 12.1 Å². The van der Waals surface area contributed by atoms with E-state index in [9.17, 15) is 4.79 Å². The Morgan fingerprint density at radius 2 is 1.98 bits per heavy atom. The average molecular weight is 614 g/mol. The molecule has 1 aliphatic rings. The third-order valence-corrected chi connectivity index (χ3v) is 7.31. The predicted octanol–water partition coefficient (Wildman–Crippen LogP) is 5.71. The maximum Gasteiger partial charge on any atom is 0.246 e. The summed E-state index contributed by atoms with van der Waals surface area (Å²) in [7, 11) is 1.47. The largest absolute Gasteiger partial charge is 0.493 e. The van der Waals surface area contributed by atoms with Gasteiger partial charge in [0.15, 0.2) is 17.7 Å². The van der Waals surface area contributed by atoms with Crippen LogP contribution in [0, 0.1) is 12.7 Å². The van der Waals surface area contributed by atoms with Crippen LogP contribution in [0.3, 0.4) is 0 Å². The first-order chi connectivity index (χ1) is 21.8. The maximum absolute atomic E-state index is 15.3. The fourth-order valence-corrected chi connectivity index (χ4v) is 4.93. The topological polar surface area (TPSA) is 117 Å². The quantitative estimate of drug-likeness (QED) is 0.209. The molecule has 6 rings (SSSR count). The van der Waals surface area contributed by atoms with Gasteiger partial charge >= 0.3 is 0 Å². The third-order valence-electron chi connectivity index (χ3n) is 7.31. The monoisotopic (exact) mass is 613 g/mol. The second-order valence-corrected chi connectivity index (χ2v) is 10.3. The number of aryl methyl sites for hydroxylation is 1. The van der Waals surface area contributed by atoms with Crippen molar-refractivity contribution >= 4 is 28.3 Å².